The highest BCUT2D eigenvalue weighted by atomic mass is 19.4. The fourth-order valence-electron chi connectivity index (χ4n) is 1.30. The summed E-state index contributed by atoms with van der Waals surface area (Å²) in [7, 11) is 0.937. The maximum atomic E-state index is 12.0. The van der Waals surface area contributed by atoms with Gasteiger partial charge in [0, 0.05) is 6.07 Å². The lowest BCUT2D eigenvalue weighted by molar-refractivity contribution is -0.386. The molecule has 7 nitrogen and oxygen atoms in total. The number of aryl methyl sites for hydroxylation is 1. The smallest absolute Gasteiger partial charge is 0.465 e. The van der Waals surface area contributed by atoms with Gasteiger partial charge in [0.25, 0.3) is 0 Å². The Hall–Kier alpha value is -2.39. The number of nitro groups is 1. The molecular formula is C9H7F3N2O5. The molecule has 19 heavy (non-hydrogen) atoms. The molecule has 0 bridgehead atoms. The van der Waals surface area contributed by atoms with Crippen molar-refractivity contribution < 1.29 is 32.4 Å². The van der Waals surface area contributed by atoms with Crippen molar-refractivity contribution in [2.75, 3.05) is 7.11 Å². The standard InChI is InChI=1S/C9H7F3N2O5/c1-4-7(14(16)17)5(8(15)18-2)3-6(13-4)19-9(10,11)12/h3H,1-2H3. The predicted molar refractivity (Wildman–Crippen MR) is 53.7 cm³/mol. The van der Waals surface area contributed by atoms with Gasteiger partial charge in [-0.3, -0.25) is 10.1 Å². The van der Waals surface area contributed by atoms with Gasteiger partial charge in [-0.2, -0.15) is 0 Å². The highest BCUT2D eigenvalue weighted by Crippen LogP contribution is 2.29. The van der Waals surface area contributed by atoms with E-state index in [0.29, 0.717) is 6.07 Å². The molecule has 0 amide bonds. The zero-order valence-electron chi connectivity index (χ0n) is 9.65. The van der Waals surface area contributed by atoms with Gasteiger partial charge < -0.3 is 9.47 Å². The van der Waals surface area contributed by atoms with E-state index in [4.69, 9.17) is 0 Å². The first-order valence-electron chi connectivity index (χ1n) is 4.66. The predicted octanol–water partition coefficient (Wildman–Crippen LogP) is 1.98. The average molecular weight is 280 g/mol. The van der Waals surface area contributed by atoms with Crippen molar-refractivity contribution in [1.29, 1.82) is 0 Å². The van der Waals surface area contributed by atoms with Crippen molar-refractivity contribution in [1.82, 2.24) is 4.98 Å². The summed E-state index contributed by atoms with van der Waals surface area (Å²) in [6.45, 7) is 1.08. The van der Waals surface area contributed by atoms with Crippen LogP contribution in [0.25, 0.3) is 0 Å². The molecule has 0 unspecified atom stereocenters. The van der Waals surface area contributed by atoms with E-state index in [1.807, 2.05) is 0 Å². The third kappa shape index (κ3) is 3.53. The lowest BCUT2D eigenvalue weighted by Crippen LogP contribution is -2.19. The van der Waals surface area contributed by atoms with Crippen molar-refractivity contribution in [3.63, 3.8) is 0 Å². The van der Waals surface area contributed by atoms with Crippen LogP contribution in [-0.2, 0) is 4.74 Å². The molecule has 1 aromatic rings. The summed E-state index contributed by atoms with van der Waals surface area (Å²) >= 11 is 0. The second-order valence-electron chi connectivity index (χ2n) is 3.24. The van der Waals surface area contributed by atoms with Crippen LogP contribution >= 0.6 is 0 Å². The monoisotopic (exact) mass is 280 g/mol. The maximum absolute atomic E-state index is 12.0. The van der Waals surface area contributed by atoms with Crippen LogP contribution in [0, 0.1) is 17.0 Å². The fraction of sp³-hybridized carbons (Fsp3) is 0.333. The molecule has 1 rings (SSSR count). The summed E-state index contributed by atoms with van der Waals surface area (Å²) in [6.07, 6.45) is -5.02. The van der Waals surface area contributed by atoms with Crippen molar-refractivity contribution in [2.24, 2.45) is 0 Å². The number of esters is 1. The fourth-order valence-corrected chi connectivity index (χ4v) is 1.30. The molecule has 1 aromatic heterocycles. The van der Waals surface area contributed by atoms with Crippen LogP contribution in [0.2, 0.25) is 0 Å². The zero-order valence-corrected chi connectivity index (χ0v) is 9.65. The van der Waals surface area contributed by atoms with Crippen molar-refractivity contribution >= 4 is 11.7 Å². The quantitative estimate of drug-likeness (QED) is 0.477. The number of rotatable bonds is 3. The van der Waals surface area contributed by atoms with E-state index in [1.54, 1.807) is 0 Å². The number of ether oxygens (including phenoxy) is 2. The molecule has 0 fully saturated rings. The van der Waals surface area contributed by atoms with E-state index in [2.05, 4.69) is 14.5 Å². The van der Waals surface area contributed by atoms with Gasteiger partial charge in [0.15, 0.2) is 0 Å². The number of carbonyl (C=O) groups excluding carboxylic acids is 1. The van der Waals surface area contributed by atoms with Gasteiger partial charge in [0.05, 0.1) is 12.0 Å². The minimum absolute atomic E-state index is 0.396. The Labute approximate surface area is 104 Å². The third-order valence-corrected chi connectivity index (χ3v) is 1.95. The molecular weight excluding hydrogens is 273 g/mol. The maximum Gasteiger partial charge on any atom is 0.574 e. The highest BCUT2D eigenvalue weighted by Gasteiger charge is 2.34. The lowest BCUT2D eigenvalue weighted by atomic mass is 10.2. The van der Waals surface area contributed by atoms with Crippen LogP contribution < -0.4 is 4.74 Å². The third-order valence-electron chi connectivity index (χ3n) is 1.95. The van der Waals surface area contributed by atoms with Gasteiger partial charge in [0.1, 0.15) is 11.3 Å². The number of methoxy groups -OCH3 is 1. The summed E-state index contributed by atoms with van der Waals surface area (Å²) in [6, 6.07) is 0.504. The normalized spacial score (nSPS) is 11.0. The number of nitrogens with zero attached hydrogens (tertiary/aromatic N) is 2. The minimum Gasteiger partial charge on any atom is -0.465 e. The van der Waals surface area contributed by atoms with Crippen LogP contribution in [0.1, 0.15) is 16.1 Å². The number of hydrogen-bond acceptors (Lipinski definition) is 6. The van der Waals surface area contributed by atoms with E-state index >= 15 is 0 Å². The second-order valence-corrected chi connectivity index (χ2v) is 3.24. The highest BCUT2D eigenvalue weighted by molar-refractivity contribution is 5.94. The molecule has 104 valence electrons. The molecule has 0 aromatic carbocycles. The second kappa shape index (κ2) is 5.08. The molecule has 1 heterocycles. The Balaban J connectivity index is 3.39. The molecule has 0 N–H and O–H groups in total. The number of carbonyl (C=O) groups is 1. The van der Waals surface area contributed by atoms with Crippen LogP contribution in [0.5, 0.6) is 5.88 Å². The number of aromatic nitrogens is 1. The van der Waals surface area contributed by atoms with Crippen molar-refractivity contribution in [3.05, 3.63) is 27.4 Å². The van der Waals surface area contributed by atoms with Crippen LogP contribution in [0.15, 0.2) is 6.07 Å². The first-order chi connectivity index (χ1) is 8.65. The topological polar surface area (TPSA) is 91.6 Å². The van der Waals surface area contributed by atoms with E-state index in [9.17, 15) is 28.1 Å². The Morgan fingerprint density at radius 1 is 1.47 bits per heavy atom. The molecule has 0 atom stereocenters. The SMILES string of the molecule is COC(=O)c1cc(OC(F)(F)F)nc(C)c1[N+](=O)[O-]. The minimum atomic E-state index is -5.02. The van der Waals surface area contributed by atoms with Crippen molar-refractivity contribution in [3.8, 4) is 5.88 Å². The van der Waals surface area contributed by atoms with Crippen molar-refractivity contribution in [2.45, 2.75) is 13.3 Å². The molecule has 0 saturated carbocycles. The number of halogens is 3. The first-order valence-corrected chi connectivity index (χ1v) is 4.66. The lowest BCUT2D eigenvalue weighted by Gasteiger charge is -2.10. The van der Waals surface area contributed by atoms with Crippen LogP contribution in [-0.4, -0.2) is 29.3 Å². The Morgan fingerprint density at radius 3 is 2.47 bits per heavy atom. The van der Waals surface area contributed by atoms with Gasteiger partial charge >= 0.3 is 18.0 Å². The molecule has 0 spiro atoms. The Kier molecular flexibility index (Phi) is 3.92. The van der Waals surface area contributed by atoms with E-state index in [1.165, 1.54) is 0 Å². The molecule has 0 aliphatic carbocycles. The number of pyridine rings is 1. The molecule has 0 aliphatic rings. The van der Waals surface area contributed by atoms with E-state index in [0.717, 1.165) is 14.0 Å². The molecule has 0 saturated heterocycles. The Bertz CT molecular complexity index is 529. The number of hydrogen-bond donors (Lipinski definition) is 0. The van der Waals surface area contributed by atoms with E-state index in [-0.39, 0.29) is 0 Å². The number of alkyl halides is 3. The van der Waals surface area contributed by atoms with Crippen LogP contribution in [0.3, 0.4) is 0 Å². The largest absolute Gasteiger partial charge is 0.574 e. The first kappa shape index (κ1) is 14.7. The van der Waals surface area contributed by atoms with Gasteiger partial charge in [-0.1, -0.05) is 0 Å². The summed E-state index contributed by atoms with van der Waals surface area (Å²) in [5.41, 5.74) is -1.80. The summed E-state index contributed by atoms with van der Waals surface area (Å²) in [5, 5.41) is 10.8. The Morgan fingerprint density at radius 2 is 2.05 bits per heavy atom. The molecule has 10 heteroatoms. The summed E-state index contributed by atoms with van der Waals surface area (Å²) in [5.74, 6) is -2.14. The zero-order chi connectivity index (χ0) is 14.8. The van der Waals surface area contributed by atoms with Gasteiger partial charge in [-0.15, -0.1) is 13.2 Å². The van der Waals surface area contributed by atoms with Crippen LogP contribution in [0.4, 0.5) is 18.9 Å². The van der Waals surface area contributed by atoms with Gasteiger partial charge in [-0.05, 0) is 6.92 Å². The molecule has 0 aliphatic heterocycles. The average Bonchev–Trinajstić information content (AvgIpc) is 2.24. The van der Waals surface area contributed by atoms with Gasteiger partial charge in [0.2, 0.25) is 5.88 Å². The summed E-state index contributed by atoms with van der Waals surface area (Å²) < 4.78 is 43.9. The van der Waals surface area contributed by atoms with E-state index < -0.39 is 40.1 Å². The summed E-state index contributed by atoms with van der Waals surface area (Å²) in [4.78, 5) is 24.4. The molecule has 0 radical (unpaired) electrons. The van der Waals surface area contributed by atoms with Gasteiger partial charge in [-0.25, -0.2) is 9.78 Å².